The number of carbonyl (C=O) groups is 1. The number of amides is 1. The van der Waals surface area contributed by atoms with Crippen LogP contribution in [-0.2, 0) is 15.8 Å². The molecule has 1 amide bonds. The Hall–Kier alpha value is -3.65. The average Bonchev–Trinajstić information content (AvgIpc) is 3.06. The van der Waals surface area contributed by atoms with Crippen LogP contribution in [0.25, 0.3) is 0 Å². The molecule has 0 saturated heterocycles. The molecule has 2 aliphatic heterocycles. The molecule has 5 rings (SSSR count). The van der Waals surface area contributed by atoms with E-state index in [1.807, 2.05) is 18.2 Å². The minimum absolute atomic E-state index is 0.358. The van der Waals surface area contributed by atoms with Crippen molar-refractivity contribution in [3.63, 3.8) is 0 Å². The largest absolute Gasteiger partial charge is 0.502 e. The maximum Gasteiger partial charge on any atom is 0.408 e. The molecule has 0 saturated carbocycles. The summed E-state index contributed by atoms with van der Waals surface area (Å²) >= 11 is 1.44. The van der Waals surface area contributed by atoms with Crippen LogP contribution in [-0.4, -0.2) is 61.2 Å². The van der Waals surface area contributed by atoms with Gasteiger partial charge >= 0.3 is 6.18 Å². The SMILES string of the molecule is C[C@@H](N1CN([C@@H]2c3ccccc3SCc3c2cccc3N(C)S(C)(=O)=O)n2ccc(=O)c(O)c2C1=O)C(F)(F)F. The number of halogens is 3. The zero-order valence-corrected chi connectivity index (χ0v) is 23.2. The van der Waals surface area contributed by atoms with Gasteiger partial charge in [-0.15, -0.1) is 11.8 Å². The summed E-state index contributed by atoms with van der Waals surface area (Å²) in [5.41, 5.74) is 0.847. The summed E-state index contributed by atoms with van der Waals surface area (Å²) in [5.74, 6) is -1.74. The van der Waals surface area contributed by atoms with Crippen LogP contribution in [0.15, 0.2) is 64.4 Å². The predicted octanol–water partition coefficient (Wildman–Crippen LogP) is 3.65. The second kappa shape index (κ2) is 9.77. The number of hydrogen-bond donors (Lipinski definition) is 1. The highest BCUT2D eigenvalue weighted by Crippen LogP contribution is 2.46. The van der Waals surface area contributed by atoms with Gasteiger partial charge in [-0.1, -0.05) is 30.3 Å². The zero-order chi connectivity index (χ0) is 29.1. The van der Waals surface area contributed by atoms with Crippen LogP contribution in [0, 0.1) is 0 Å². The molecule has 2 aromatic carbocycles. The van der Waals surface area contributed by atoms with E-state index in [2.05, 4.69) is 0 Å². The van der Waals surface area contributed by atoms with E-state index in [4.69, 9.17) is 0 Å². The van der Waals surface area contributed by atoms with E-state index in [0.717, 1.165) is 28.4 Å². The van der Waals surface area contributed by atoms with Gasteiger partial charge in [0.25, 0.3) is 5.91 Å². The predicted molar refractivity (Wildman–Crippen MR) is 145 cm³/mol. The standard InChI is InChI=1S/C26H25F3N4O5S2/c1-15(26(27,28)29)31-14-33(32-12-11-20(34)24(35)23(32)25(31)36)22-16-8-6-9-19(30(2)40(3,37)38)18(16)13-39-21-10-5-4-7-17(21)22/h4-12,15,22,35H,13-14H2,1-3H3/t15-,22+/m1/s1. The van der Waals surface area contributed by atoms with Crippen LogP contribution in [0.5, 0.6) is 5.75 Å². The fraction of sp³-hybridized carbons (Fsp3) is 0.308. The van der Waals surface area contributed by atoms with E-state index in [1.54, 1.807) is 24.3 Å². The molecule has 0 aliphatic carbocycles. The molecule has 1 N–H and O–H groups in total. The lowest BCUT2D eigenvalue weighted by Gasteiger charge is -2.46. The van der Waals surface area contributed by atoms with E-state index in [0.29, 0.717) is 33.0 Å². The van der Waals surface area contributed by atoms with Crippen LogP contribution in [0.4, 0.5) is 18.9 Å². The lowest BCUT2D eigenvalue weighted by molar-refractivity contribution is -0.173. The molecule has 9 nitrogen and oxygen atoms in total. The monoisotopic (exact) mass is 594 g/mol. The molecule has 3 heterocycles. The molecule has 0 spiro atoms. The number of anilines is 1. The first-order chi connectivity index (χ1) is 18.7. The Morgan fingerprint density at radius 3 is 2.42 bits per heavy atom. The number of hydrogen-bond acceptors (Lipinski definition) is 7. The Morgan fingerprint density at radius 1 is 1.07 bits per heavy atom. The van der Waals surface area contributed by atoms with E-state index in [1.165, 1.54) is 34.7 Å². The molecule has 14 heteroatoms. The summed E-state index contributed by atoms with van der Waals surface area (Å²) in [6.45, 7) is 0.303. The van der Waals surface area contributed by atoms with Gasteiger partial charge in [0.15, 0.2) is 11.4 Å². The summed E-state index contributed by atoms with van der Waals surface area (Å²) in [6, 6.07) is 10.3. The lowest BCUT2D eigenvalue weighted by atomic mass is 9.93. The molecule has 2 atom stereocenters. The van der Waals surface area contributed by atoms with Crippen molar-refractivity contribution in [2.75, 3.05) is 29.3 Å². The maximum absolute atomic E-state index is 13.9. The third-order valence-corrected chi connectivity index (χ3v) is 9.54. The molecule has 212 valence electrons. The minimum atomic E-state index is -4.78. The Labute approximate surface area is 232 Å². The minimum Gasteiger partial charge on any atom is -0.502 e. The van der Waals surface area contributed by atoms with Gasteiger partial charge in [-0.25, -0.2) is 8.42 Å². The number of rotatable bonds is 4. The molecule has 0 fully saturated rings. The number of benzene rings is 2. The number of carbonyl (C=O) groups excluding carboxylic acids is 1. The number of nitrogens with zero attached hydrogens (tertiary/aromatic N) is 4. The van der Waals surface area contributed by atoms with Crippen LogP contribution in [0.2, 0.25) is 0 Å². The zero-order valence-electron chi connectivity index (χ0n) is 21.6. The third-order valence-electron chi connectivity index (χ3n) is 7.24. The lowest BCUT2D eigenvalue weighted by Crippen LogP contribution is -2.60. The van der Waals surface area contributed by atoms with E-state index < -0.39 is 57.7 Å². The molecule has 3 aromatic rings. The fourth-order valence-electron chi connectivity index (χ4n) is 4.99. The van der Waals surface area contributed by atoms with Gasteiger partial charge in [-0.2, -0.15) is 13.2 Å². The van der Waals surface area contributed by atoms with Gasteiger partial charge in [0.05, 0.1) is 18.0 Å². The first kappa shape index (κ1) is 27.9. The Kier molecular flexibility index (Phi) is 6.81. The number of alkyl halides is 3. The summed E-state index contributed by atoms with van der Waals surface area (Å²) < 4.78 is 69.1. The summed E-state index contributed by atoms with van der Waals surface area (Å²) in [7, 11) is -2.23. The summed E-state index contributed by atoms with van der Waals surface area (Å²) in [4.78, 5) is 27.0. The maximum atomic E-state index is 13.9. The number of aromatic hydroxyl groups is 1. The molecule has 0 unspecified atom stereocenters. The number of thioether (sulfide) groups is 1. The highest BCUT2D eigenvalue weighted by molar-refractivity contribution is 7.98. The Balaban J connectivity index is 1.80. The van der Waals surface area contributed by atoms with Gasteiger partial charge in [0.1, 0.15) is 12.7 Å². The molecule has 2 aliphatic rings. The quantitative estimate of drug-likeness (QED) is 0.492. The summed E-state index contributed by atoms with van der Waals surface area (Å²) in [6.07, 6.45) is -2.46. The number of aromatic nitrogens is 1. The molecule has 1 aromatic heterocycles. The number of sulfonamides is 1. The van der Waals surface area contributed by atoms with Crippen LogP contribution in [0.3, 0.4) is 0 Å². The van der Waals surface area contributed by atoms with Gasteiger partial charge in [0, 0.05) is 30.0 Å². The van der Waals surface area contributed by atoms with Crippen molar-refractivity contribution in [2.45, 2.75) is 35.8 Å². The Morgan fingerprint density at radius 2 is 1.75 bits per heavy atom. The van der Waals surface area contributed by atoms with Crippen molar-refractivity contribution >= 4 is 33.4 Å². The third kappa shape index (κ3) is 4.58. The van der Waals surface area contributed by atoms with Gasteiger partial charge in [0.2, 0.25) is 15.5 Å². The van der Waals surface area contributed by atoms with Crippen LogP contribution < -0.4 is 14.7 Å². The highest BCUT2D eigenvalue weighted by Gasteiger charge is 2.47. The van der Waals surface area contributed by atoms with Gasteiger partial charge in [-0.3, -0.25) is 23.6 Å². The van der Waals surface area contributed by atoms with Crippen molar-refractivity contribution in [2.24, 2.45) is 0 Å². The van der Waals surface area contributed by atoms with Crippen molar-refractivity contribution in [3.8, 4) is 5.75 Å². The first-order valence-corrected chi connectivity index (χ1v) is 14.9. The van der Waals surface area contributed by atoms with Gasteiger partial charge < -0.3 is 10.0 Å². The van der Waals surface area contributed by atoms with Crippen molar-refractivity contribution in [3.05, 3.63) is 87.3 Å². The highest BCUT2D eigenvalue weighted by atomic mass is 32.2. The van der Waals surface area contributed by atoms with Crippen molar-refractivity contribution in [1.82, 2.24) is 9.58 Å². The van der Waals surface area contributed by atoms with Crippen LogP contribution >= 0.6 is 11.8 Å². The van der Waals surface area contributed by atoms with Gasteiger partial charge in [-0.05, 0) is 35.7 Å². The number of fused-ring (bicyclic) bond motifs is 3. The van der Waals surface area contributed by atoms with Crippen molar-refractivity contribution < 1.29 is 31.5 Å². The molecule has 0 bridgehead atoms. The molecule has 0 radical (unpaired) electrons. The normalized spacial score (nSPS) is 17.9. The number of pyridine rings is 1. The second-order valence-corrected chi connectivity index (χ2v) is 12.6. The molecule has 40 heavy (non-hydrogen) atoms. The van der Waals surface area contributed by atoms with E-state index in [-0.39, 0.29) is 0 Å². The fourth-order valence-corrected chi connectivity index (χ4v) is 6.66. The molecular weight excluding hydrogens is 569 g/mol. The topological polar surface area (TPSA) is 103 Å². The smallest absolute Gasteiger partial charge is 0.408 e. The van der Waals surface area contributed by atoms with Crippen LogP contribution in [0.1, 0.15) is 40.1 Å². The Bertz CT molecular complexity index is 1680. The van der Waals surface area contributed by atoms with Crippen molar-refractivity contribution in [1.29, 1.82) is 0 Å². The summed E-state index contributed by atoms with van der Waals surface area (Å²) in [5, 5.41) is 12.1. The molecular formula is C26H25F3N4O5S2. The second-order valence-electron chi connectivity index (χ2n) is 9.60. The first-order valence-electron chi connectivity index (χ1n) is 12.1. The average molecular weight is 595 g/mol. The van der Waals surface area contributed by atoms with E-state index >= 15 is 0 Å². The van der Waals surface area contributed by atoms with E-state index in [9.17, 15) is 36.3 Å².